The quantitative estimate of drug-likeness (QED) is 0.229. The summed E-state index contributed by atoms with van der Waals surface area (Å²) in [6.45, 7) is 1.66. The molecule has 0 aliphatic heterocycles. The highest BCUT2D eigenvalue weighted by Crippen LogP contribution is 2.30. The molecule has 2 nitrogen and oxygen atoms in total. The highest BCUT2D eigenvalue weighted by molar-refractivity contribution is 7.71. The Bertz CT molecular complexity index is 1150. The van der Waals surface area contributed by atoms with Crippen LogP contribution in [0.2, 0.25) is 0 Å². The minimum Gasteiger partial charge on any atom is -0.284 e. The summed E-state index contributed by atoms with van der Waals surface area (Å²) in [6, 6.07) is 52.1. The van der Waals surface area contributed by atoms with Crippen molar-refractivity contribution in [2.45, 2.75) is 13.1 Å². The van der Waals surface area contributed by atoms with Crippen LogP contribution in [-0.4, -0.2) is 0 Å². The predicted molar refractivity (Wildman–Crippen MR) is 158 cm³/mol. The van der Waals surface area contributed by atoms with Crippen molar-refractivity contribution < 1.29 is 0 Å². The smallest absolute Gasteiger partial charge is 0.0256 e. The van der Waals surface area contributed by atoms with E-state index in [0.717, 1.165) is 13.1 Å². The number of rotatable bonds is 10. The lowest BCUT2D eigenvalue weighted by atomic mass is 10.1. The topological polar surface area (TPSA) is 24.1 Å². The van der Waals surface area contributed by atoms with Crippen molar-refractivity contribution >= 4 is 37.4 Å². The summed E-state index contributed by atoms with van der Waals surface area (Å²) in [4.78, 5) is 0. The van der Waals surface area contributed by atoms with Gasteiger partial charge in [-0.2, -0.15) is 0 Å². The van der Waals surface area contributed by atoms with E-state index in [4.69, 9.17) is 0 Å². The zero-order valence-corrected chi connectivity index (χ0v) is 22.0. The van der Waals surface area contributed by atoms with Gasteiger partial charge in [-0.15, -0.1) is 0 Å². The molecule has 0 aliphatic carbocycles. The van der Waals surface area contributed by atoms with Crippen LogP contribution in [-0.2, 0) is 13.1 Å². The van der Waals surface area contributed by atoms with Crippen molar-refractivity contribution in [2.75, 3.05) is 0 Å². The Hall–Kier alpha value is -3.12. The number of hydrogen-bond acceptors (Lipinski definition) is 2. The molecule has 2 N–H and O–H groups in total. The van der Waals surface area contributed by atoms with E-state index < -0.39 is 16.1 Å². The van der Waals surface area contributed by atoms with Crippen LogP contribution < -0.4 is 31.4 Å². The molecule has 0 bridgehead atoms. The molecule has 0 aliphatic rings. The third kappa shape index (κ3) is 6.55. The molecule has 0 radical (unpaired) electrons. The first-order valence-corrected chi connectivity index (χ1v) is 14.9. The number of nitrogens with one attached hydrogen (secondary N) is 2. The molecule has 0 saturated carbocycles. The maximum absolute atomic E-state index is 3.86. The Balaban J connectivity index is 1.30. The molecule has 5 rings (SSSR count). The van der Waals surface area contributed by atoms with Crippen LogP contribution in [0.15, 0.2) is 146 Å². The Labute approximate surface area is 217 Å². The highest BCUT2D eigenvalue weighted by atomic mass is 31.1. The molecule has 0 spiro atoms. The lowest BCUT2D eigenvalue weighted by Crippen LogP contribution is -2.23. The summed E-state index contributed by atoms with van der Waals surface area (Å²) in [5, 5.41) is 13.1. The summed E-state index contributed by atoms with van der Waals surface area (Å²) in [6.07, 6.45) is 0. The largest absolute Gasteiger partial charge is 0.284 e. The normalized spacial score (nSPS) is 11.2. The van der Waals surface area contributed by atoms with Crippen LogP contribution in [0.4, 0.5) is 0 Å². The molecule has 4 heteroatoms. The molecule has 0 aromatic heterocycles. The summed E-state index contributed by atoms with van der Waals surface area (Å²) in [7, 11) is -1.25. The van der Waals surface area contributed by atoms with Crippen molar-refractivity contribution in [2.24, 2.45) is 0 Å². The van der Waals surface area contributed by atoms with E-state index >= 15 is 0 Å². The first-order valence-electron chi connectivity index (χ1n) is 12.2. The molecular weight excluding hydrogens is 474 g/mol. The van der Waals surface area contributed by atoms with Gasteiger partial charge in [-0.3, -0.25) is 10.2 Å². The van der Waals surface area contributed by atoms with Crippen LogP contribution in [0.1, 0.15) is 11.1 Å². The average Bonchev–Trinajstić information content (AvgIpc) is 2.96. The highest BCUT2D eigenvalue weighted by Gasteiger charge is 2.15. The molecule has 0 unspecified atom stereocenters. The molecule has 5 aromatic rings. The lowest BCUT2D eigenvalue weighted by molar-refractivity contribution is 0.934. The van der Waals surface area contributed by atoms with Crippen molar-refractivity contribution in [1.29, 1.82) is 0 Å². The van der Waals surface area contributed by atoms with E-state index in [9.17, 15) is 0 Å². The van der Waals surface area contributed by atoms with Crippen molar-refractivity contribution in [3.05, 3.63) is 157 Å². The van der Waals surface area contributed by atoms with Crippen LogP contribution in [0.5, 0.6) is 0 Å². The van der Waals surface area contributed by atoms with Gasteiger partial charge in [0.1, 0.15) is 0 Å². The molecule has 0 amide bonds. The zero-order chi connectivity index (χ0) is 24.4. The summed E-state index contributed by atoms with van der Waals surface area (Å²) < 4.78 is 0. The first-order chi connectivity index (χ1) is 17.9. The molecule has 178 valence electrons. The monoisotopic (exact) mass is 504 g/mol. The molecule has 0 atom stereocenters. The average molecular weight is 505 g/mol. The second-order valence-electron chi connectivity index (χ2n) is 8.50. The van der Waals surface area contributed by atoms with E-state index in [0.29, 0.717) is 0 Å². The predicted octanol–water partition coefficient (Wildman–Crippen LogP) is 5.96. The van der Waals surface area contributed by atoms with E-state index in [-0.39, 0.29) is 0 Å². The fourth-order valence-electron chi connectivity index (χ4n) is 4.16. The summed E-state index contributed by atoms with van der Waals surface area (Å²) in [5.74, 6) is 0. The maximum atomic E-state index is 3.86. The van der Waals surface area contributed by atoms with E-state index in [1.165, 1.54) is 32.3 Å². The minimum absolute atomic E-state index is 0.625. The van der Waals surface area contributed by atoms with Crippen molar-refractivity contribution in [1.82, 2.24) is 10.2 Å². The van der Waals surface area contributed by atoms with Gasteiger partial charge in [0.2, 0.25) is 0 Å². The summed E-state index contributed by atoms with van der Waals surface area (Å²) in [5.41, 5.74) is 2.61. The van der Waals surface area contributed by atoms with Crippen molar-refractivity contribution in [3.8, 4) is 0 Å². The first kappa shape index (κ1) is 24.6. The number of benzene rings is 5. The van der Waals surface area contributed by atoms with Gasteiger partial charge in [-0.25, -0.2) is 0 Å². The Kier molecular flexibility index (Phi) is 8.68. The third-order valence-electron chi connectivity index (χ3n) is 5.93. The lowest BCUT2D eigenvalue weighted by Gasteiger charge is -2.21. The van der Waals surface area contributed by atoms with E-state index in [1.54, 1.807) is 0 Å². The van der Waals surface area contributed by atoms with Crippen LogP contribution in [0, 0.1) is 0 Å². The van der Waals surface area contributed by atoms with Gasteiger partial charge in [0.25, 0.3) is 0 Å². The molecule has 0 heterocycles. The van der Waals surface area contributed by atoms with Gasteiger partial charge < -0.3 is 0 Å². The van der Waals surface area contributed by atoms with Gasteiger partial charge in [0, 0.05) is 29.2 Å². The molecule has 0 fully saturated rings. The maximum Gasteiger partial charge on any atom is 0.0256 e. The Morgan fingerprint density at radius 1 is 0.361 bits per heavy atom. The fraction of sp³-hybridized carbons (Fsp3) is 0.0625. The van der Waals surface area contributed by atoms with Gasteiger partial charge >= 0.3 is 0 Å². The number of hydrogen-bond donors (Lipinski definition) is 2. The SMILES string of the molecule is c1ccc(P(NCc2cccc(CNP(c3ccccc3)c3ccccc3)c2)c2ccccc2)cc1. The Morgan fingerprint density at radius 3 is 0.972 bits per heavy atom. The fourth-order valence-corrected chi connectivity index (χ4v) is 8.05. The Morgan fingerprint density at radius 2 is 0.667 bits per heavy atom. The molecule has 0 saturated heterocycles. The molecular formula is C32H30N2P2. The second-order valence-corrected chi connectivity index (χ2v) is 12.5. The second kappa shape index (κ2) is 12.7. The van der Waals surface area contributed by atoms with Gasteiger partial charge in [-0.05, 0) is 32.3 Å². The van der Waals surface area contributed by atoms with Gasteiger partial charge in [0.15, 0.2) is 0 Å². The van der Waals surface area contributed by atoms with Gasteiger partial charge in [-0.1, -0.05) is 146 Å². The molecule has 5 aromatic carbocycles. The summed E-state index contributed by atoms with van der Waals surface area (Å²) >= 11 is 0. The van der Waals surface area contributed by atoms with Crippen LogP contribution >= 0.6 is 16.1 Å². The van der Waals surface area contributed by atoms with E-state index in [1.807, 2.05) is 0 Å². The standard InChI is InChI=1S/C32H30N2P2/c1-5-16-29(17-6-1)35(30-18-7-2-8-19-30)33-25-27-14-13-15-28(24-27)26-34-36(31-20-9-3-10-21-31)32-22-11-4-12-23-32/h1-24,33-34H,25-26H2. The van der Waals surface area contributed by atoms with Crippen molar-refractivity contribution in [3.63, 3.8) is 0 Å². The molecule has 36 heavy (non-hydrogen) atoms. The van der Waals surface area contributed by atoms with E-state index in [2.05, 4.69) is 156 Å². The van der Waals surface area contributed by atoms with Crippen LogP contribution in [0.3, 0.4) is 0 Å². The third-order valence-corrected chi connectivity index (χ3v) is 10.1. The van der Waals surface area contributed by atoms with Gasteiger partial charge in [0.05, 0.1) is 0 Å². The minimum atomic E-state index is -0.625. The van der Waals surface area contributed by atoms with Crippen LogP contribution in [0.25, 0.3) is 0 Å². The zero-order valence-electron chi connectivity index (χ0n) is 20.2.